The van der Waals surface area contributed by atoms with Crippen molar-refractivity contribution in [2.75, 3.05) is 4.90 Å². The van der Waals surface area contributed by atoms with Crippen molar-refractivity contribution >= 4 is 63.8 Å². The number of thiazole rings is 1. The van der Waals surface area contributed by atoms with Crippen molar-refractivity contribution in [1.29, 1.82) is 0 Å². The van der Waals surface area contributed by atoms with Crippen LogP contribution in [0.1, 0.15) is 10.4 Å². The van der Waals surface area contributed by atoms with Crippen molar-refractivity contribution in [1.82, 2.24) is 10.3 Å². The van der Waals surface area contributed by atoms with Gasteiger partial charge in [0.1, 0.15) is 29.4 Å². The van der Waals surface area contributed by atoms with Gasteiger partial charge in [0.05, 0.1) is 10.6 Å². The Kier molecular flexibility index (Phi) is 7.27. The van der Waals surface area contributed by atoms with Gasteiger partial charge in [-0.3, -0.25) is 19.8 Å². The van der Waals surface area contributed by atoms with E-state index in [4.69, 9.17) is 33.3 Å². The molecule has 1 aliphatic heterocycles. The number of carbonyl (C=O) groups excluding carboxylic acids is 2. The average Bonchev–Trinajstić information content (AvgIpc) is 3.32. The minimum Gasteiger partial charge on any atom is -0.488 e. The van der Waals surface area contributed by atoms with Gasteiger partial charge in [-0.1, -0.05) is 41.9 Å². The lowest BCUT2D eigenvalue weighted by Gasteiger charge is -2.29. The second-order valence-corrected chi connectivity index (χ2v) is 9.89. The van der Waals surface area contributed by atoms with E-state index in [0.29, 0.717) is 39.6 Å². The summed E-state index contributed by atoms with van der Waals surface area (Å²) in [6, 6.07) is 23.3. The van der Waals surface area contributed by atoms with Gasteiger partial charge < -0.3 is 9.47 Å². The molecule has 7 nitrogen and oxygen atoms in total. The smallest absolute Gasteiger partial charge is 0.270 e. The van der Waals surface area contributed by atoms with E-state index in [-0.39, 0.29) is 10.7 Å². The summed E-state index contributed by atoms with van der Waals surface area (Å²) in [6.07, 6.45) is 3.16. The number of nitrogens with one attached hydrogen (secondary N) is 1. The SMILES string of the molecule is O=C1NC(=S)N(c2ccc(Oc3ccccc3)cc2)C(=O)C1=Cc1cccc(OCc2cnc(Cl)s2)c1. The maximum absolute atomic E-state index is 13.4. The molecule has 0 unspecified atom stereocenters. The first kappa shape index (κ1) is 24.6. The quantitative estimate of drug-likeness (QED) is 0.174. The molecule has 37 heavy (non-hydrogen) atoms. The summed E-state index contributed by atoms with van der Waals surface area (Å²) in [6.45, 7) is 0.301. The minimum absolute atomic E-state index is 0.00387. The number of amides is 2. The Morgan fingerprint density at radius 3 is 2.43 bits per heavy atom. The molecule has 0 saturated carbocycles. The lowest BCUT2D eigenvalue weighted by Crippen LogP contribution is -2.54. The molecule has 184 valence electrons. The second-order valence-electron chi connectivity index (χ2n) is 7.81. The van der Waals surface area contributed by atoms with E-state index < -0.39 is 11.8 Å². The third-order valence-electron chi connectivity index (χ3n) is 5.25. The molecule has 3 aromatic carbocycles. The number of benzene rings is 3. The van der Waals surface area contributed by atoms with Crippen LogP contribution in [0.25, 0.3) is 6.08 Å². The molecule has 1 fully saturated rings. The summed E-state index contributed by atoms with van der Waals surface area (Å²) in [5.41, 5.74) is 1.07. The molecule has 5 rings (SSSR count). The topological polar surface area (TPSA) is 80.8 Å². The summed E-state index contributed by atoms with van der Waals surface area (Å²) in [5.74, 6) is 0.767. The summed E-state index contributed by atoms with van der Waals surface area (Å²) < 4.78 is 12.1. The van der Waals surface area contributed by atoms with Gasteiger partial charge in [0.2, 0.25) is 0 Å². The number of thiocarbonyl (C=S) groups is 1. The van der Waals surface area contributed by atoms with Gasteiger partial charge in [0, 0.05) is 6.20 Å². The van der Waals surface area contributed by atoms with Crippen LogP contribution in [0.2, 0.25) is 4.47 Å². The van der Waals surface area contributed by atoms with E-state index in [9.17, 15) is 9.59 Å². The second kappa shape index (κ2) is 10.9. The highest BCUT2D eigenvalue weighted by atomic mass is 35.5. The number of hydrogen-bond donors (Lipinski definition) is 1. The van der Waals surface area contributed by atoms with Gasteiger partial charge in [-0.25, -0.2) is 4.98 Å². The number of nitrogens with zero attached hydrogens (tertiary/aromatic N) is 2. The van der Waals surface area contributed by atoms with E-state index in [1.165, 1.54) is 22.3 Å². The molecule has 4 aromatic rings. The molecular weight excluding hydrogens is 530 g/mol. The third-order valence-corrected chi connectivity index (χ3v) is 6.62. The molecule has 0 radical (unpaired) electrons. The number of para-hydroxylation sites is 1. The normalized spacial score (nSPS) is 14.6. The van der Waals surface area contributed by atoms with E-state index in [1.54, 1.807) is 54.7 Å². The molecule has 1 N–H and O–H groups in total. The molecule has 0 spiro atoms. The van der Waals surface area contributed by atoms with Crippen molar-refractivity contribution in [2.45, 2.75) is 6.61 Å². The van der Waals surface area contributed by atoms with Gasteiger partial charge in [-0.15, -0.1) is 11.3 Å². The molecule has 0 aliphatic carbocycles. The van der Waals surface area contributed by atoms with E-state index in [2.05, 4.69) is 10.3 Å². The van der Waals surface area contributed by atoms with Gasteiger partial charge in [-0.05, 0) is 72.4 Å². The van der Waals surface area contributed by atoms with E-state index in [0.717, 1.165) is 4.88 Å². The standard InChI is InChI=1S/C27H18ClN3O4S2/c28-26-29-15-22(37-26)16-34-21-8-4-5-17(13-21)14-23-24(32)30-27(36)31(25(23)33)18-9-11-20(12-10-18)35-19-6-2-1-3-7-19/h1-15H,16H2,(H,30,32,36). The van der Waals surface area contributed by atoms with Crippen LogP contribution in [0.4, 0.5) is 5.69 Å². The zero-order valence-electron chi connectivity index (χ0n) is 19.1. The monoisotopic (exact) mass is 547 g/mol. The minimum atomic E-state index is -0.569. The van der Waals surface area contributed by atoms with Gasteiger partial charge in [0.25, 0.3) is 11.8 Å². The fourth-order valence-corrected chi connectivity index (χ4v) is 4.72. The number of anilines is 1. The number of aromatic nitrogens is 1. The Labute approximate surface area is 226 Å². The average molecular weight is 548 g/mol. The molecule has 0 bridgehead atoms. The Hall–Kier alpha value is -4.05. The van der Waals surface area contributed by atoms with Crippen molar-refractivity contribution in [2.24, 2.45) is 0 Å². The first-order valence-electron chi connectivity index (χ1n) is 11.0. The van der Waals surface area contributed by atoms with Crippen LogP contribution in [0, 0.1) is 0 Å². The molecule has 2 heterocycles. The molecule has 1 saturated heterocycles. The summed E-state index contributed by atoms with van der Waals surface area (Å²) in [7, 11) is 0. The highest BCUT2D eigenvalue weighted by Crippen LogP contribution is 2.28. The van der Waals surface area contributed by atoms with Crippen LogP contribution in [0.15, 0.2) is 90.6 Å². The third kappa shape index (κ3) is 5.86. The predicted molar refractivity (Wildman–Crippen MR) is 147 cm³/mol. The highest BCUT2D eigenvalue weighted by Gasteiger charge is 2.34. The maximum Gasteiger partial charge on any atom is 0.270 e. The Morgan fingerprint density at radius 2 is 1.70 bits per heavy atom. The number of carbonyl (C=O) groups is 2. The number of halogens is 1. The summed E-state index contributed by atoms with van der Waals surface area (Å²) in [4.78, 5) is 32.2. The molecule has 2 amide bonds. The molecule has 1 aliphatic rings. The maximum atomic E-state index is 13.4. The van der Waals surface area contributed by atoms with Crippen LogP contribution < -0.4 is 19.7 Å². The van der Waals surface area contributed by atoms with Crippen molar-refractivity contribution in [3.05, 3.63) is 106 Å². The highest BCUT2D eigenvalue weighted by molar-refractivity contribution is 7.80. The summed E-state index contributed by atoms with van der Waals surface area (Å²) in [5, 5.41) is 2.60. The van der Waals surface area contributed by atoms with Gasteiger partial charge in [0.15, 0.2) is 9.58 Å². The largest absolute Gasteiger partial charge is 0.488 e. The zero-order chi connectivity index (χ0) is 25.8. The number of hydrogen-bond acceptors (Lipinski definition) is 7. The van der Waals surface area contributed by atoms with Crippen molar-refractivity contribution in [3.63, 3.8) is 0 Å². The van der Waals surface area contributed by atoms with Crippen molar-refractivity contribution < 1.29 is 19.1 Å². The van der Waals surface area contributed by atoms with E-state index >= 15 is 0 Å². The zero-order valence-corrected chi connectivity index (χ0v) is 21.5. The van der Waals surface area contributed by atoms with Gasteiger partial charge >= 0.3 is 0 Å². The first-order valence-corrected chi connectivity index (χ1v) is 12.6. The van der Waals surface area contributed by atoms with Crippen LogP contribution in [-0.4, -0.2) is 21.9 Å². The predicted octanol–water partition coefficient (Wildman–Crippen LogP) is 6.00. The van der Waals surface area contributed by atoms with Gasteiger partial charge in [-0.2, -0.15) is 0 Å². The lowest BCUT2D eigenvalue weighted by atomic mass is 10.1. The fraction of sp³-hybridized carbons (Fsp3) is 0.0370. The summed E-state index contributed by atoms with van der Waals surface area (Å²) >= 11 is 12.5. The molecule has 0 atom stereocenters. The fourth-order valence-electron chi connectivity index (χ4n) is 3.55. The van der Waals surface area contributed by atoms with Crippen LogP contribution >= 0.6 is 35.2 Å². The van der Waals surface area contributed by atoms with Crippen LogP contribution in [-0.2, 0) is 16.2 Å². The molecule has 1 aromatic heterocycles. The van der Waals surface area contributed by atoms with Crippen LogP contribution in [0.3, 0.4) is 0 Å². The Morgan fingerprint density at radius 1 is 0.973 bits per heavy atom. The van der Waals surface area contributed by atoms with E-state index in [1.807, 2.05) is 30.3 Å². The Balaban J connectivity index is 1.34. The lowest BCUT2D eigenvalue weighted by molar-refractivity contribution is -0.122. The van der Waals surface area contributed by atoms with Crippen LogP contribution in [0.5, 0.6) is 17.2 Å². The molecule has 10 heteroatoms. The van der Waals surface area contributed by atoms with Crippen molar-refractivity contribution in [3.8, 4) is 17.2 Å². The number of ether oxygens (including phenoxy) is 2. The number of rotatable bonds is 7. The Bertz CT molecular complexity index is 1500. The first-order chi connectivity index (χ1) is 18.0. The molecular formula is C27H18ClN3O4S2.